The maximum Gasteiger partial charge on any atom is 0.260 e. The number of aromatic nitrogens is 2. The number of nitrogens with one attached hydrogen (secondary N) is 1. The number of carbonyl (C=O) groups is 1. The SMILES string of the molecule is C=C(C)CN(CC)C(=O)CSc1nc2sc(C)c(CC(C)CC)c2c(=O)[nH]1. The first-order chi connectivity index (χ1) is 12.8. The molecule has 2 rings (SSSR count). The molecule has 0 aliphatic heterocycles. The highest BCUT2D eigenvalue weighted by molar-refractivity contribution is 7.99. The Hall–Kier alpha value is -1.60. The third-order valence-electron chi connectivity index (χ3n) is 4.62. The van der Waals surface area contributed by atoms with Crippen molar-refractivity contribution >= 4 is 39.2 Å². The number of amides is 1. The summed E-state index contributed by atoms with van der Waals surface area (Å²) in [5.41, 5.74) is 1.96. The van der Waals surface area contributed by atoms with Gasteiger partial charge in [0, 0.05) is 18.0 Å². The molecule has 5 nitrogen and oxygen atoms in total. The van der Waals surface area contributed by atoms with Gasteiger partial charge in [0.1, 0.15) is 4.83 Å². The van der Waals surface area contributed by atoms with Gasteiger partial charge in [0.15, 0.2) is 5.16 Å². The van der Waals surface area contributed by atoms with Crippen LogP contribution in [0.1, 0.15) is 44.6 Å². The summed E-state index contributed by atoms with van der Waals surface area (Å²) in [4.78, 5) is 36.2. The molecule has 0 saturated heterocycles. The van der Waals surface area contributed by atoms with Crippen LogP contribution in [0, 0.1) is 12.8 Å². The van der Waals surface area contributed by atoms with E-state index >= 15 is 0 Å². The summed E-state index contributed by atoms with van der Waals surface area (Å²) in [6.45, 7) is 15.3. The molecule has 1 N–H and O–H groups in total. The van der Waals surface area contributed by atoms with Gasteiger partial charge in [0.2, 0.25) is 5.91 Å². The monoisotopic (exact) mass is 407 g/mol. The molecule has 2 aromatic rings. The molecule has 0 aliphatic carbocycles. The fraction of sp³-hybridized carbons (Fsp3) is 0.550. The van der Waals surface area contributed by atoms with E-state index in [2.05, 4.69) is 37.3 Å². The Morgan fingerprint density at radius 2 is 2.11 bits per heavy atom. The summed E-state index contributed by atoms with van der Waals surface area (Å²) in [6, 6.07) is 0. The first-order valence-electron chi connectivity index (χ1n) is 9.33. The zero-order valence-corrected chi connectivity index (χ0v) is 18.5. The van der Waals surface area contributed by atoms with E-state index in [0.717, 1.165) is 33.7 Å². The third-order valence-corrected chi connectivity index (χ3v) is 6.52. The summed E-state index contributed by atoms with van der Waals surface area (Å²) >= 11 is 2.84. The van der Waals surface area contributed by atoms with E-state index in [1.165, 1.54) is 11.8 Å². The molecule has 0 bridgehead atoms. The number of thioether (sulfide) groups is 1. The summed E-state index contributed by atoms with van der Waals surface area (Å²) in [5.74, 6) is 0.800. The smallest absolute Gasteiger partial charge is 0.260 e. The Balaban J connectivity index is 2.20. The Morgan fingerprint density at radius 3 is 2.70 bits per heavy atom. The van der Waals surface area contributed by atoms with Gasteiger partial charge in [0.25, 0.3) is 5.56 Å². The Bertz CT molecular complexity index is 885. The number of hydrogen-bond donors (Lipinski definition) is 1. The van der Waals surface area contributed by atoms with Crippen LogP contribution in [0.5, 0.6) is 0 Å². The number of fused-ring (bicyclic) bond motifs is 1. The maximum absolute atomic E-state index is 12.7. The van der Waals surface area contributed by atoms with Crippen molar-refractivity contribution in [2.75, 3.05) is 18.8 Å². The highest BCUT2D eigenvalue weighted by Gasteiger charge is 2.18. The minimum atomic E-state index is -0.105. The van der Waals surface area contributed by atoms with Crippen molar-refractivity contribution < 1.29 is 4.79 Å². The third kappa shape index (κ3) is 5.45. The van der Waals surface area contributed by atoms with E-state index in [1.54, 1.807) is 16.2 Å². The molecule has 2 aromatic heterocycles. The number of rotatable bonds is 9. The molecular formula is C20H29N3O2S2. The largest absolute Gasteiger partial charge is 0.338 e. The van der Waals surface area contributed by atoms with Crippen molar-refractivity contribution in [3.05, 3.63) is 32.9 Å². The normalized spacial score (nSPS) is 12.3. The molecule has 0 spiro atoms. The van der Waals surface area contributed by atoms with Gasteiger partial charge in [-0.05, 0) is 38.7 Å². The minimum absolute atomic E-state index is 0.0214. The van der Waals surface area contributed by atoms with Crippen molar-refractivity contribution in [2.45, 2.75) is 52.6 Å². The van der Waals surface area contributed by atoms with Crippen LogP contribution in [0.15, 0.2) is 22.1 Å². The molecule has 2 heterocycles. The van der Waals surface area contributed by atoms with Crippen LogP contribution in [0.4, 0.5) is 0 Å². The minimum Gasteiger partial charge on any atom is -0.338 e. The van der Waals surface area contributed by atoms with E-state index < -0.39 is 0 Å². The Morgan fingerprint density at radius 1 is 1.41 bits per heavy atom. The zero-order valence-electron chi connectivity index (χ0n) is 16.8. The Kier molecular flexibility index (Phi) is 7.68. The van der Waals surface area contributed by atoms with Gasteiger partial charge in [-0.1, -0.05) is 44.2 Å². The lowest BCUT2D eigenvalue weighted by Gasteiger charge is -2.20. The van der Waals surface area contributed by atoms with Crippen LogP contribution in [0.2, 0.25) is 0 Å². The second kappa shape index (κ2) is 9.55. The molecule has 27 heavy (non-hydrogen) atoms. The number of aromatic amines is 1. The van der Waals surface area contributed by atoms with Crippen molar-refractivity contribution in [3.63, 3.8) is 0 Å². The van der Waals surface area contributed by atoms with Crippen molar-refractivity contribution in [2.24, 2.45) is 5.92 Å². The van der Waals surface area contributed by atoms with Crippen molar-refractivity contribution in [1.29, 1.82) is 0 Å². The van der Waals surface area contributed by atoms with E-state index in [0.29, 0.717) is 29.6 Å². The predicted octanol–water partition coefficient (Wildman–Crippen LogP) is 4.40. The van der Waals surface area contributed by atoms with Gasteiger partial charge in [0.05, 0.1) is 11.1 Å². The van der Waals surface area contributed by atoms with Gasteiger partial charge in [-0.3, -0.25) is 9.59 Å². The molecule has 0 fully saturated rings. The van der Waals surface area contributed by atoms with Crippen molar-refractivity contribution in [1.82, 2.24) is 14.9 Å². The van der Waals surface area contributed by atoms with E-state index in [4.69, 9.17) is 0 Å². The number of H-pyrrole nitrogens is 1. The molecule has 1 amide bonds. The van der Waals surface area contributed by atoms with Gasteiger partial charge in [-0.2, -0.15) is 0 Å². The van der Waals surface area contributed by atoms with Gasteiger partial charge in [-0.25, -0.2) is 4.98 Å². The van der Waals surface area contributed by atoms with Gasteiger partial charge in [-0.15, -0.1) is 11.3 Å². The molecule has 0 aromatic carbocycles. The van der Waals surface area contributed by atoms with Gasteiger partial charge >= 0.3 is 0 Å². The predicted molar refractivity (Wildman–Crippen MR) is 116 cm³/mol. The number of nitrogens with zero attached hydrogens (tertiary/aromatic N) is 2. The van der Waals surface area contributed by atoms with E-state index in [-0.39, 0.29) is 17.2 Å². The van der Waals surface area contributed by atoms with Crippen LogP contribution >= 0.6 is 23.1 Å². The number of aryl methyl sites for hydroxylation is 1. The van der Waals surface area contributed by atoms with E-state index in [1.807, 2.05) is 13.8 Å². The number of hydrogen-bond acceptors (Lipinski definition) is 5. The molecule has 7 heteroatoms. The Labute approximate surface area is 169 Å². The lowest BCUT2D eigenvalue weighted by molar-refractivity contribution is -0.127. The fourth-order valence-corrected chi connectivity index (χ4v) is 4.76. The van der Waals surface area contributed by atoms with Gasteiger partial charge < -0.3 is 9.88 Å². The average molecular weight is 408 g/mol. The molecule has 0 aliphatic rings. The number of carbonyl (C=O) groups excluding carboxylic acids is 1. The standard InChI is InChI=1S/C20H29N3O2S2/c1-7-13(5)9-15-14(6)27-19-17(15)18(25)21-20(22-19)26-11-16(24)23(8-2)10-12(3)4/h13H,3,7-11H2,1-2,4-6H3,(H,21,22,25). The highest BCUT2D eigenvalue weighted by atomic mass is 32.2. The molecule has 1 unspecified atom stereocenters. The second-order valence-corrected chi connectivity index (χ2v) is 9.23. The van der Waals surface area contributed by atoms with Crippen LogP contribution in [-0.4, -0.2) is 39.6 Å². The first-order valence-corrected chi connectivity index (χ1v) is 11.1. The summed E-state index contributed by atoms with van der Waals surface area (Å²) in [5, 5.41) is 1.22. The molecule has 0 saturated carbocycles. The highest BCUT2D eigenvalue weighted by Crippen LogP contribution is 2.30. The number of thiophene rings is 1. The lowest BCUT2D eigenvalue weighted by Crippen LogP contribution is -2.33. The van der Waals surface area contributed by atoms with Crippen LogP contribution < -0.4 is 5.56 Å². The maximum atomic E-state index is 12.7. The summed E-state index contributed by atoms with van der Waals surface area (Å²) in [7, 11) is 0. The second-order valence-electron chi connectivity index (χ2n) is 7.06. The van der Waals surface area contributed by atoms with Crippen molar-refractivity contribution in [3.8, 4) is 0 Å². The quantitative estimate of drug-likeness (QED) is 0.380. The summed E-state index contributed by atoms with van der Waals surface area (Å²) in [6.07, 6.45) is 1.97. The average Bonchev–Trinajstić information content (AvgIpc) is 2.92. The molecule has 0 radical (unpaired) electrons. The molecule has 1 atom stereocenters. The zero-order chi connectivity index (χ0) is 20.1. The number of likely N-dealkylation sites (N-methyl/N-ethyl adjacent to an activating group) is 1. The molecule has 148 valence electrons. The van der Waals surface area contributed by atoms with Crippen LogP contribution in [-0.2, 0) is 11.2 Å². The molecular weight excluding hydrogens is 378 g/mol. The van der Waals surface area contributed by atoms with Crippen LogP contribution in [0.3, 0.4) is 0 Å². The van der Waals surface area contributed by atoms with E-state index in [9.17, 15) is 9.59 Å². The fourth-order valence-electron chi connectivity index (χ4n) is 2.89. The van der Waals surface area contributed by atoms with Crippen LogP contribution in [0.25, 0.3) is 10.2 Å². The summed E-state index contributed by atoms with van der Waals surface area (Å²) < 4.78 is 0. The lowest BCUT2D eigenvalue weighted by atomic mass is 9.98. The first kappa shape index (κ1) is 21.7. The topological polar surface area (TPSA) is 66.1 Å².